The molecule has 0 atom stereocenters. The fraction of sp³-hybridized carbons (Fsp3) is 0.0714. The van der Waals surface area contributed by atoms with E-state index in [-0.39, 0.29) is 10.5 Å². The number of benzene rings is 1. The van der Waals surface area contributed by atoms with Gasteiger partial charge >= 0.3 is 5.97 Å². The molecule has 0 aliphatic rings. The molecule has 0 radical (unpaired) electrons. The number of carboxylic acid groups (broad SMARTS) is 1. The fourth-order valence-electron chi connectivity index (χ4n) is 1.84. The molecule has 0 saturated carbocycles. The normalized spacial score (nSPS) is 11.0. The third-order valence-electron chi connectivity index (χ3n) is 2.88. The van der Waals surface area contributed by atoms with Gasteiger partial charge in [0.05, 0.1) is 20.7 Å². The Morgan fingerprint density at radius 3 is 2.95 bits per heavy atom. The smallest absolute Gasteiger partial charge is 0.335 e. The van der Waals surface area contributed by atoms with Crippen LogP contribution in [0.4, 0.5) is 4.39 Å². The summed E-state index contributed by atoms with van der Waals surface area (Å²) in [6, 6.07) is 3.72. The summed E-state index contributed by atoms with van der Waals surface area (Å²) in [5, 5.41) is 11.6. The Bertz CT molecular complexity index is 848. The molecule has 0 spiro atoms. The monoisotopic (exact) mass is 320 g/mol. The molecule has 0 saturated heterocycles. The van der Waals surface area contributed by atoms with E-state index in [0.717, 1.165) is 33.6 Å². The Morgan fingerprint density at radius 2 is 2.19 bits per heavy atom. The van der Waals surface area contributed by atoms with Gasteiger partial charge in [-0.1, -0.05) is 11.8 Å². The fourth-order valence-corrected chi connectivity index (χ4v) is 3.84. The third kappa shape index (κ3) is 2.62. The topological polar surface area (TPSA) is 63.1 Å². The van der Waals surface area contributed by atoms with Gasteiger partial charge in [-0.3, -0.25) is 0 Å². The number of fused-ring (bicyclic) bond motifs is 1. The summed E-state index contributed by atoms with van der Waals surface area (Å²) in [5.41, 5.74) is 1.93. The molecular weight excluding hydrogens is 311 g/mol. The summed E-state index contributed by atoms with van der Waals surface area (Å²) >= 11 is 2.60. The highest BCUT2D eigenvalue weighted by Crippen LogP contribution is 2.36. The van der Waals surface area contributed by atoms with E-state index in [1.165, 1.54) is 29.8 Å². The molecule has 3 aromatic rings. The predicted octanol–water partition coefficient (Wildman–Crippen LogP) is 3.99. The molecule has 21 heavy (non-hydrogen) atoms. The predicted molar refractivity (Wildman–Crippen MR) is 79.6 cm³/mol. The lowest BCUT2D eigenvalue weighted by Crippen LogP contribution is -1.97. The maximum Gasteiger partial charge on any atom is 0.335 e. The molecule has 7 heteroatoms. The van der Waals surface area contributed by atoms with Crippen LogP contribution in [0.2, 0.25) is 0 Å². The molecular formula is C14H9FN2O2S2. The Morgan fingerprint density at radius 1 is 1.38 bits per heavy atom. The van der Waals surface area contributed by atoms with Gasteiger partial charge in [0.2, 0.25) is 0 Å². The molecule has 1 aromatic carbocycles. The van der Waals surface area contributed by atoms with Crippen molar-refractivity contribution in [2.45, 2.75) is 16.8 Å². The van der Waals surface area contributed by atoms with Crippen molar-refractivity contribution in [1.82, 2.24) is 9.97 Å². The molecule has 0 unspecified atom stereocenters. The molecule has 0 bridgehead atoms. The summed E-state index contributed by atoms with van der Waals surface area (Å²) in [6.07, 6.45) is 1.43. The Kier molecular flexibility index (Phi) is 3.60. The molecule has 1 N–H and O–H groups in total. The first-order valence-corrected chi connectivity index (χ1v) is 7.65. The lowest BCUT2D eigenvalue weighted by molar-refractivity contribution is 0.0696. The highest BCUT2D eigenvalue weighted by Gasteiger charge is 2.14. The maximum absolute atomic E-state index is 13.9. The molecule has 4 nitrogen and oxygen atoms in total. The van der Waals surface area contributed by atoms with E-state index >= 15 is 0 Å². The quantitative estimate of drug-likeness (QED) is 0.739. The lowest BCUT2D eigenvalue weighted by Gasteiger charge is -2.04. The number of aryl methyl sites for hydroxylation is 1. The van der Waals surface area contributed by atoms with Gasteiger partial charge in [0, 0.05) is 0 Å². The molecule has 0 aliphatic carbocycles. The summed E-state index contributed by atoms with van der Waals surface area (Å²) in [7, 11) is 0. The first-order valence-electron chi connectivity index (χ1n) is 5.96. The van der Waals surface area contributed by atoms with Crippen molar-refractivity contribution in [1.29, 1.82) is 0 Å². The van der Waals surface area contributed by atoms with Crippen LogP contribution in [-0.2, 0) is 0 Å². The molecule has 106 valence electrons. The van der Waals surface area contributed by atoms with Crippen LogP contribution >= 0.6 is 23.1 Å². The average Bonchev–Trinajstić information content (AvgIpc) is 2.84. The number of rotatable bonds is 3. The molecule has 2 heterocycles. The van der Waals surface area contributed by atoms with Crippen LogP contribution in [0, 0.1) is 12.7 Å². The first-order chi connectivity index (χ1) is 10.1. The average molecular weight is 320 g/mol. The standard InChI is InChI=1S/C14H9FN2O2S2/c1-7-5-20-12-11(7)16-6-17-13(12)21-10-4-8(14(18)19)2-3-9(10)15/h2-6H,1H3,(H,18,19). The zero-order valence-corrected chi connectivity index (χ0v) is 12.5. The Labute approximate surface area is 127 Å². The number of hydrogen-bond acceptors (Lipinski definition) is 5. The second-order valence-corrected chi connectivity index (χ2v) is 6.24. The van der Waals surface area contributed by atoms with E-state index in [4.69, 9.17) is 5.11 Å². The zero-order valence-electron chi connectivity index (χ0n) is 10.8. The van der Waals surface area contributed by atoms with Crippen LogP contribution in [-0.4, -0.2) is 21.0 Å². The van der Waals surface area contributed by atoms with Gasteiger partial charge in [-0.2, -0.15) is 0 Å². The number of thiophene rings is 1. The number of hydrogen-bond donors (Lipinski definition) is 1. The molecule has 2 aromatic heterocycles. The van der Waals surface area contributed by atoms with E-state index in [1.807, 2.05) is 12.3 Å². The maximum atomic E-state index is 13.9. The molecule has 0 amide bonds. The van der Waals surface area contributed by atoms with Crippen LogP contribution in [0.25, 0.3) is 10.2 Å². The summed E-state index contributed by atoms with van der Waals surface area (Å²) in [4.78, 5) is 19.6. The minimum absolute atomic E-state index is 0.0477. The highest BCUT2D eigenvalue weighted by atomic mass is 32.2. The van der Waals surface area contributed by atoms with Gasteiger partial charge in [0.1, 0.15) is 17.2 Å². The lowest BCUT2D eigenvalue weighted by atomic mass is 10.2. The highest BCUT2D eigenvalue weighted by molar-refractivity contribution is 7.99. The molecule has 3 rings (SSSR count). The second kappa shape index (κ2) is 5.42. The number of carboxylic acids is 1. The van der Waals surface area contributed by atoms with Crippen molar-refractivity contribution >= 4 is 39.3 Å². The summed E-state index contributed by atoms with van der Waals surface area (Å²) < 4.78 is 14.7. The molecule has 0 fully saturated rings. The number of carbonyl (C=O) groups is 1. The van der Waals surface area contributed by atoms with Gasteiger partial charge in [-0.05, 0) is 36.1 Å². The minimum atomic E-state index is -1.09. The van der Waals surface area contributed by atoms with E-state index < -0.39 is 11.8 Å². The Balaban J connectivity index is 2.06. The Hall–Kier alpha value is -1.99. The largest absolute Gasteiger partial charge is 0.478 e. The number of aromatic carboxylic acids is 1. The van der Waals surface area contributed by atoms with Gasteiger partial charge in [0.25, 0.3) is 0 Å². The van der Waals surface area contributed by atoms with Crippen molar-refractivity contribution in [2.75, 3.05) is 0 Å². The summed E-state index contributed by atoms with van der Waals surface area (Å²) in [6.45, 7) is 1.95. The number of aromatic nitrogens is 2. The van der Waals surface area contributed by atoms with Crippen LogP contribution < -0.4 is 0 Å². The van der Waals surface area contributed by atoms with Crippen LogP contribution in [0.5, 0.6) is 0 Å². The van der Waals surface area contributed by atoms with Crippen molar-refractivity contribution < 1.29 is 14.3 Å². The minimum Gasteiger partial charge on any atom is -0.478 e. The second-order valence-electron chi connectivity index (χ2n) is 4.33. The van der Waals surface area contributed by atoms with Crippen LogP contribution in [0.3, 0.4) is 0 Å². The first kappa shape index (κ1) is 14.0. The van der Waals surface area contributed by atoms with Gasteiger partial charge in [-0.15, -0.1) is 11.3 Å². The van der Waals surface area contributed by atoms with E-state index in [9.17, 15) is 9.18 Å². The third-order valence-corrected chi connectivity index (χ3v) is 5.14. The zero-order chi connectivity index (χ0) is 15.0. The van der Waals surface area contributed by atoms with Crippen LogP contribution in [0.1, 0.15) is 15.9 Å². The SMILES string of the molecule is Cc1csc2c(Sc3cc(C(=O)O)ccc3F)ncnc12. The number of halogens is 1. The molecule has 0 aliphatic heterocycles. The van der Waals surface area contributed by atoms with Gasteiger partial charge in [-0.25, -0.2) is 19.2 Å². The van der Waals surface area contributed by atoms with Gasteiger partial charge in [0.15, 0.2) is 0 Å². The summed E-state index contributed by atoms with van der Waals surface area (Å²) in [5.74, 6) is -1.55. The number of nitrogens with zero attached hydrogens (tertiary/aromatic N) is 2. The van der Waals surface area contributed by atoms with E-state index in [2.05, 4.69) is 9.97 Å². The van der Waals surface area contributed by atoms with Crippen molar-refractivity contribution in [3.8, 4) is 0 Å². The van der Waals surface area contributed by atoms with Crippen molar-refractivity contribution in [3.05, 3.63) is 46.9 Å². The van der Waals surface area contributed by atoms with Crippen molar-refractivity contribution in [2.24, 2.45) is 0 Å². The van der Waals surface area contributed by atoms with Crippen molar-refractivity contribution in [3.63, 3.8) is 0 Å². The van der Waals surface area contributed by atoms with E-state index in [0.29, 0.717) is 5.03 Å². The van der Waals surface area contributed by atoms with Crippen LogP contribution in [0.15, 0.2) is 39.8 Å². The van der Waals surface area contributed by atoms with Gasteiger partial charge < -0.3 is 5.11 Å². The van der Waals surface area contributed by atoms with E-state index in [1.54, 1.807) is 0 Å².